The van der Waals surface area contributed by atoms with E-state index in [1.165, 1.54) is 11.1 Å². The predicted octanol–water partition coefficient (Wildman–Crippen LogP) is 2.64. The van der Waals surface area contributed by atoms with Crippen LogP contribution >= 0.6 is 0 Å². The summed E-state index contributed by atoms with van der Waals surface area (Å²) in [5.74, 6) is 0.728. The van der Waals surface area contributed by atoms with Gasteiger partial charge >= 0.3 is 0 Å². The Balaban J connectivity index is 1.60. The Hall–Kier alpha value is -2.82. The van der Waals surface area contributed by atoms with Crippen molar-refractivity contribution < 1.29 is 4.79 Å². The maximum absolute atomic E-state index is 12.6. The molecule has 0 saturated heterocycles. The van der Waals surface area contributed by atoms with Gasteiger partial charge in [0.15, 0.2) is 5.96 Å². The Morgan fingerprint density at radius 1 is 1.15 bits per heavy atom. The van der Waals surface area contributed by atoms with E-state index in [1.54, 1.807) is 0 Å². The summed E-state index contributed by atoms with van der Waals surface area (Å²) in [5, 5.41) is 6.36. The molecule has 1 aliphatic rings. The average molecular weight is 350 g/mol. The molecule has 0 spiro atoms. The van der Waals surface area contributed by atoms with Crippen molar-refractivity contribution in [2.75, 3.05) is 24.5 Å². The third-order valence-electron chi connectivity index (χ3n) is 4.44. The molecule has 0 aliphatic carbocycles. The fourth-order valence-corrected chi connectivity index (χ4v) is 3.17. The number of benzene rings is 2. The number of rotatable bonds is 5. The highest BCUT2D eigenvalue weighted by atomic mass is 16.2. The topological polar surface area (TPSA) is 56.7 Å². The molecule has 0 bridgehead atoms. The van der Waals surface area contributed by atoms with Gasteiger partial charge in [0.1, 0.15) is 0 Å². The normalized spacial score (nSPS) is 13.5. The number of fused-ring (bicyclic) bond motifs is 1. The van der Waals surface area contributed by atoms with E-state index in [0.717, 1.165) is 30.8 Å². The van der Waals surface area contributed by atoms with Crippen LogP contribution in [0, 0.1) is 6.92 Å². The highest BCUT2D eigenvalue weighted by Gasteiger charge is 2.23. The molecular formula is C21H26N4O. The van der Waals surface area contributed by atoms with Crippen LogP contribution in [0.4, 0.5) is 5.69 Å². The Bertz CT molecular complexity index is 800. The van der Waals surface area contributed by atoms with Crippen molar-refractivity contribution in [2.24, 2.45) is 4.99 Å². The second kappa shape index (κ2) is 8.52. The minimum absolute atomic E-state index is 0.0658. The van der Waals surface area contributed by atoms with Gasteiger partial charge in [-0.1, -0.05) is 48.0 Å². The monoisotopic (exact) mass is 350 g/mol. The lowest BCUT2D eigenvalue weighted by Crippen LogP contribution is -2.44. The molecule has 5 heteroatoms. The molecule has 1 aliphatic heterocycles. The summed E-state index contributed by atoms with van der Waals surface area (Å²) in [6.45, 7) is 6.40. The molecule has 0 atom stereocenters. The quantitative estimate of drug-likeness (QED) is 0.644. The first kappa shape index (κ1) is 18.0. The van der Waals surface area contributed by atoms with Crippen LogP contribution in [0.1, 0.15) is 23.6 Å². The molecule has 0 radical (unpaired) electrons. The van der Waals surface area contributed by atoms with Gasteiger partial charge < -0.3 is 15.5 Å². The summed E-state index contributed by atoms with van der Waals surface area (Å²) in [6.07, 6.45) is 0.920. The number of aliphatic imine (C=N–C) groups is 1. The standard InChI is InChI=1S/C21H26N4O/c1-3-22-21(23-14-17-8-6-7-16(2)13-17)24-15-20(26)25-12-11-18-9-4-5-10-19(18)25/h4-10,13H,3,11-12,14-15H2,1-2H3,(H2,22,23,24). The van der Waals surface area contributed by atoms with Crippen LogP contribution in [0.5, 0.6) is 0 Å². The van der Waals surface area contributed by atoms with E-state index in [0.29, 0.717) is 12.5 Å². The van der Waals surface area contributed by atoms with E-state index in [1.807, 2.05) is 36.1 Å². The van der Waals surface area contributed by atoms with Crippen molar-refractivity contribution in [3.05, 3.63) is 65.2 Å². The molecule has 2 aromatic rings. The van der Waals surface area contributed by atoms with Crippen molar-refractivity contribution >= 4 is 17.6 Å². The largest absolute Gasteiger partial charge is 0.357 e. The number of hydrogen-bond acceptors (Lipinski definition) is 2. The second-order valence-electron chi connectivity index (χ2n) is 6.46. The number of carbonyl (C=O) groups is 1. The molecular weight excluding hydrogens is 324 g/mol. The first-order chi connectivity index (χ1) is 12.7. The van der Waals surface area contributed by atoms with E-state index < -0.39 is 0 Å². The van der Waals surface area contributed by atoms with E-state index in [2.05, 4.69) is 46.8 Å². The van der Waals surface area contributed by atoms with Gasteiger partial charge in [-0.05, 0) is 37.5 Å². The SMILES string of the molecule is CCNC(=NCc1cccc(C)c1)NCC(=O)N1CCc2ccccc21. The lowest BCUT2D eigenvalue weighted by Gasteiger charge is -2.18. The third-order valence-corrected chi connectivity index (χ3v) is 4.44. The summed E-state index contributed by atoms with van der Waals surface area (Å²) >= 11 is 0. The second-order valence-corrected chi connectivity index (χ2v) is 6.46. The van der Waals surface area contributed by atoms with Crippen LogP contribution in [0.25, 0.3) is 0 Å². The molecule has 0 fully saturated rings. The molecule has 5 nitrogen and oxygen atoms in total. The number of carbonyl (C=O) groups excluding carboxylic acids is 1. The maximum atomic E-state index is 12.6. The Morgan fingerprint density at radius 2 is 2.00 bits per heavy atom. The number of aryl methyl sites for hydroxylation is 1. The van der Waals surface area contributed by atoms with Crippen molar-refractivity contribution in [2.45, 2.75) is 26.8 Å². The number of hydrogen-bond donors (Lipinski definition) is 2. The Kier molecular flexibility index (Phi) is 5.89. The lowest BCUT2D eigenvalue weighted by molar-refractivity contribution is -0.117. The summed E-state index contributed by atoms with van der Waals surface area (Å²) < 4.78 is 0. The van der Waals surface area contributed by atoms with Crippen LogP contribution < -0.4 is 15.5 Å². The van der Waals surface area contributed by atoms with E-state index in [-0.39, 0.29) is 12.5 Å². The first-order valence-corrected chi connectivity index (χ1v) is 9.13. The molecule has 26 heavy (non-hydrogen) atoms. The molecule has 1 heterocycles. The van der Waals surface area contributed by atoms with Crippen LogP contribution in [-0.2, 0) is 17.8 Å². The molecule has 0 saturated carbocycles. The van der Waals surface area contributed by atoms with Crippen LogP contribution in [0.3, 0.4) is 0 Å². The van der Waals surface area contributed by atoms with Crippen LogP contribution in [0.2, 0.25) is 0 Å². The van der Waals surface area contributed by atoms with Crippen molar-refractivity contribution in [3.8, 4) is 0 Å². The van der Waals surface area contributed by atoms with Gasteiger partial charge in [-0.2, -0.15) is 0 Å². The van der Waals surface area contributed by atoms with Crippen LogP contribution in [0.15, 0.2) is 53.5 Å². The molecule has 1 amide bonds. The predicted molar refractivity (Wildman–Crippen MR) is 106 cm³/mol. The fraction of sp³-hybridized carbons (Fsp3) is 0.333. The maximum Gasteiger partial charge on any atom is 0.246 e. The molecule has 2 aromatic carbocycles. The minimum Gasteiger partial charge on any atom is -0.357 e. The molecule has 0 unspecified atom stereocenters. The van der Waals surface area contributed by atoms with Crippen molar-refractivity contribution in [3.63, 3.8) is 0 Å². The fourth-order valence-electron chi connectivity index (χ4n) is 3.17. The van der Waals surface area contributed by atoms with Crippen LogP contribution in [-0.4, -0.2) is 31.5 Å². The summed E-state index contributed by atoms with van der Waals surface area (Å²) in [5.41, 5.74) is 4.64. The highest BCUT2D eigenvalue weighted by molar-refractivity contribution is 5.98. The van der Waals surface area contributed by atoms with E-state index in [4.69, 9.17) is 0 Å². The van der Waals surface area contributed by atoms with E-state index in [9.17, 15) is 4.79 Å². The van der Waals surface area contributed by atoms with Gasteiger partial charge in [0.25, 0.3) is 0 Å². The average Bonchev–Trinajstić information content (AvgIpc) is 3.08. The van der Waals surface area contributed by atoms with Gasteiger partial charge in [-0.3, -0.25) is 4.79 Å². The zero-order valence-electron chi connectivity index (χ0n) is 15.5. The molecule has 136 valence electrons. The van der Waals surface area contributed by atoms with Gasteiger partial charge in [0.05, 0.1) is 13.1 Å². The number of anilines is 1. The number of nitrogens with zero attached hydrogens (tertiary/aromatic N) is 2. The van der Waals surface area contributed by atoms with Crippen molar-refractivity contribution in [1.29, 1.82) is 0 Å². The smallest absolute Gasteiger partial charge is 0.246 e. The number of guanidine groups is 1. The Labute approximate surface area is 155 Å². The van der Waals surface area contributed by atoms with Gasteiger partial charge in [0, 0.05) is 18.8 Å². The van der Waals surface area contributed by atoms with Gasteiger partial charge in [0.2, 0.25) is 5.91 Å². The molecule has 2 N–H and O–H groups in total. The molecule has 0 aromatic heterocycles. The zero-order valence-corrected chi connectivity index (χ0v) is 15.5. The van der Waals surface area contributed by atoms with Crippen molar-refractivity contribution in [1.82, 2.24) is 10.6 Å². The zero-order chi connectivity index (χ0) is 18.4. The first-order valence-electron chi connectivity index (χ1n) is 9.13. The minimum atomic E-state index is 0.0658. The van der Waals surface area contributed by atoms with E-state index >= 15 is 0 Å². The lowest BCUT2D eigenvalue weighted by atomic mass is 10.1. The summed E-state index contributed by atoms with van der Waals surface area (Å²) in [4.78, 5) is 19.1. The summed E-state index contributed by atoms with van der Waals surface area (Å²) in [7, 11) is 0. The Morgan fingerprint density at radius 3 is 2.81 bits per heavy atom. The number of nitrogens with one attached hydrogen (secondary N) is 2. The molecule has 3 rings (SSSR count). The number of amides is 1. The van der Waals surface area contributed by atoms with Gasteiger partial charge in [-0.25, -0.2) is 4.99 Å². The summed E-state index contributed by atoms with van der Waals surface area (Å²) in [6, 6.07) is 16.4. The van der Waals surface area contributed by atoms with Gasteiger partial charge in [-0.15, -0.1) is 0 Å². The number of para-hydroxylation sites is 1. The third kappa shape index (κ3) is 4.42. The highest BCUT2D eigenvalue weighted by Crippen LogP contribution is 2.27.